The molecule has 1 fully saturated rings. The molecule has 1 aliphatic rings. The number of hydrogen-bond acceptors (Lipinski definition) is 4. The largest absolute Gasteiger partial charge is 0.443 e. The second-order valence-corrected chi connectivity index (χ2v) is 15.4. The van der Waals surface area contributed by atoms with Crippen LogP contribution in [0.2, 0.25) is 5.04 Å². The van der Waals surface area contributed by atoms with Crippen molar-refractivity contribution in [2.24, 2.45) is 0 Å². The standard InChI is InChI=1S/C28H37NO4Si/c1-20(2)19-23-24(25(30)29(23)26(31)32-27(3,4)5)33-34(28(6,7)8,21-15-11-9-12-16-21)22-17-13-10-14-18-22/h9-19,23-24H,1-8H3/t23-,24+/m1/s1. The van der Waals surface area contributed by atoms with Gasteiger partial charge in [-0.2, -0.15) is 0 Å². The van der Waals surface area contributed by atoms with Gasteiger partial charge in [0.25, 0.3) is 14.2 Å². The monoisotopic (exact) mass is 479 g/mol. The van der Waals surface area contributed by atoms with Gasteiger partial charge in [-0.3, -0.25) is 4.79 Å². The number of ether oxygens (including phenoxy) is 1. The van der Waals surface area contributed by atoms with E-state index in [2.05, 4.69) is 45.0 Å². The molecule has 1 heterocycles. The zero-order chi connectivity index (χ0) is 25.3. The maximum Gasteiger partial charge on any atom is 0.417 e. The number of likely N-dealkylation sites (tertiary alicyclic amines) is 1. The van der Waals surface area contributed by atoms with Crippen LogP contribution in [-0.4, -0.2) is 43.0 Å². The van der Waals surface area contributed by atoms with Crippen LogP contribution in [0.3, 0.4) is 0 Å². The van der Waals surface area contributed by atoms with E-state index < -0.39 is 32.2 Å². The normalized spacial score (nSPS) is 18.8. The minimum atomic E-state index is -2.96. The zero-order valence-electron chi connectivity index (χ0n) is 21.6. The van der Waals surface area contributed by atoms with Crippen molar-refractivity contribution >= 4 is 30.7 Å². The number of nitrogens with zero attached hydrogens (tertiary/aromatic N) is 1. The predicted octanol–water partition coefficient (Wildman–Crippen LogP) is 5.04. The van der Waals surface area contributed by atoms with E-state index in [9.17, 15) is 9.59 Å². The maximum atomic E-state index is 13.4. The third-order valence-electron chi connectivity index (χ3n) is 5.90. The lowest BCUT2D eigenvalue weighted by Crippen LogP contribution is -2.75. The topological polar surface area (TPSA) is 55.8 Å². The summed E-state index contributed by atoms with van der Waals surface area (Å²) in [5.41, 5.74) is 0.304. The van der Waals surface area contributed by atoms with Gasteiger partial charge < -0.3 is 9.16 Å². The van der Waals surface area contributed by atoms with E-state index in [-0.39, 0.29) is 10.9 Å². The summed E-state index contributed by atoms with van der Waals surface area (Å²) in [5.74, 6) is -0.357. The molecule has 0 unspecified atom stereocenters. The molecule has 2 aromatic rings. The Hall–Kier alpha value is -2.70. The number of carbonyl (C=O) groups excluding carboxylic acids is 2. The zero-order valence-corrected chi connectivity index (χ0v) is 22.6. The second kappa shape index (κ2) is 9.51. The Labute approximate surface area is 204 Å². The second-order valence-electron chi connectivity index (χ2n) is 11.1. The lowest BCUT2D eigenvalue weighted by molar-refractivity contribution is -0.157. The summed E-state index contributed by atoms with van der Waals surface area (Å²) in [6.07, 6.45) is 0.518. The molecule has 3 rings (SSSR count). The summed E-state index contributed by atoms with van der Waals surface area (Å²) < 4.78 is 12.6. The molecule has 0 saturated carbocycles. The summed E-state index contributed by atoms with van der Waals surface area (Å²) >= 11 is 0. The van der Waals surface area contributed by atoms with E-state index in [0.29, 0.717) is 0 Å². The Morgan fingerprint density at radius 2 is 1.35 bits per heavy atom. The molecule has 34 heavy (non-hydrogen) atoms. The molecule has 0 aromatic heterocycles. The van der Waals surface area contributed by atoms with Gasteiger partial charge in [-0.1, -0.05) is 93.1 Å². The van der Waals surface area contributed by atoms with Gasteiger partial charge in [0.05, 0.1) is 6.04 Å². The smallest absolute Gasteiger partial charge is 0.417 e. The highest BCUT2D eigenvalue weighted by molar-refractivity contribution is 6.99. The minimum absolute atomic E-state index is 0.280. The SMILES string of the molecule is CC(C)=C[C@@H]1[C@H](O[Si](c2ccccc2)(c2ccccc2)C(C)(C)C)C(=O)N1C(=O)OC(C)(C)C. The summed E-state index contributed by atoms with van der Waals surface area (Å²) in [6.45, 7) is 15.8. The average molecular weight is 480 g/mol. The van der Waals surface area contributed by atoms with Gasteiger partial charge in [-0.15, -0.1) is 0 Å². The molecule has 2 amide bonds. The Morgan fingerprint density at radius 3 is 1.74 bits per heavy atom. The van der Waals surface area contributed by atoms with Gasteiger partial charge in [-0.25, -0.2) is 9.69 Å². The number of allylic oxidation sites excluding steroid dienone is 1. The average Bonchev–Trinajstić information content (AvgIpc) is 2.73. The Bertz CT molecular complexity index is 1010. The summed E-state index contributed by atoms with van der Waals surface area (Å²) in [5, 5.41) is 1.90. The molecule has 0 spiro atoms. The summed E-state index contributed by atoms with van der Waals surface area (Å²) in [7, 11) is -2.96. The van der Waals surface area contributed by atoms with Crippen LogP contribution >= 0.6 is 0 Å². The minimum Gasteiger partial charge on any atom is -0.443 e. The van der Waals surface area contributed by atoms with Gasteiger partial charge in [0.2, 0.25) is 0 Å². The highest BCUT2D eigenvalue weighted by atomic mass is 28.4. The van der Waals surface area contributed by atoms with Crippen molar-refractivity contribution in [2.45, 2.75) is 78.2 Å². The van der Waals surface area contributed by atoms with E-state index in [0.717, 1.165) is 15.9 Å². The molecule has 1 saturated heterocycles. The van der Waals surface area contributed by atoms with Crippen LogP contribution in [0.4, 0.5) is 4.79 Å². The van der Waals surface area contributed by atoms with Gasteiger partial charge in [0.1, 0.15) is 5.60 Å². The molecule has 182 valence electrons. The fourth-order valence-corrected chi connectivity index (χ4v) is 9.15. The molecule has 5 nitrogen and oxygen atoms in total. The summed E-state index contributed by atoms with van der Waals surface area (Å²) in [6, 6.07) is 19.9. The molecule has 0 bridgehead atoms. The van der Waals surface area contributed by atoms with Crippen LogP contribution in [0.25, 0.3) is 0 Å². The predicted molar refractivity (Wildman–Crippen MR) is 139 cm³/mol. The first-order valence-corrected chi connectivity index (χ1v) is 13.7. The maximum absolute atomic E-state index is 13.4. The van der Waals surface area contributed by atoms with Gasteiger partial charge >= 0.3 is 6.09 Å². The van der Waals surface area contributed by atoms with Crippen molar-refractivity contribution in [3.05, 3.63) is 72.3 Å². The van der Waals surface area contributed by atoms with Crippen molar-refractivity contribution in [2.75, 3.05) is 0 Å². The van der Waals surface area contributed by atoms with Crippen molar-refractivity contribution in [1.82, 2.24) is 4.90 Å². The third-order valence-corrected chi connectivity index (χ3v) is 10.9. The lowest BCUT2D eigenvalue weighted by Gasteiger charge is -2.51. The fraction of sp³-hybridized carbons (Fsp3) is 0.429. The number of β-lactam (4-membered cyclic amide) rings is 1. The van der Waals surface area contributed by atoms with E-state index in [1.165, 1.54) is 4.90 Å². The van der Waals surface area contributed by atoms with Crippen molar-refractivity contribution in [3.8, 4) is 0 Å². The summed E-state index contributed by atoms with van der Waals surface area (Å²) in [4.78, 5) is 27.5. The third kappa shape index (κ3) is 5.03. The molecular formula is C28H37NO4Si. The number of benzene rings is 2. The molecule has 1 aliphatic heterocycles. The van der Waals surface area contributed by atoms with Crippen molar-refractivity contribution in [3.63, 3.8) is 0 Å². The van der Waals surface area contributed by atoms with E-state index in [1.807, 2.05) is 56.3 Å². The number of carbonyl (C=O) groups is 2. The van der Waals surface area contributed by atoms with E-state index in [4.69, 9.17) is 9.16 Å². The molecule has 2 aromatic carbocycles. The van der Waals surface area contributed by atoms with Gasteiger partial charge in [0, 0.05) is 0 Å². The quantitative estimate of drug-likeness (QED) is 0.342. The number of hydrogen-bond donors (Lipinski definition) is 0. The first kappa shape index (κ1) is 25.9. The number of rotatable bonds is 5. The fourth-order valence-electron chi connectivity index (χ4n) is 4.51. The molecule has 6 heteroatoms. The van der Waals surface area contributed by atoms with Crippen LogP contribution in [0.1, 0.15) is 55.4 Å². The van der Waals surface area contributed by atoms with Crippen LogP contribution in [0.5, 0.6) is 0 Å². The van der Waals surface area contributed by atoms with Crippen LogP contribution in [-0.2, 0) is 14.0 Å². The molecule has 0 radical (unpaired) electrons. The van der Waals surface area contributed by atoms with Gasteiger partial charge in [-0.05, 0) is 50.0 Å². The Balaban J connectivity index is 2.11. The van der Waals surface area contributed by atoms with E-state index in [1.54, 1.807) is 20.8 Å². The molecule has 0 N–H and O–H groups in total. The van der Waals surface area contributed by atoms with Crippen LogP contribution in [0, 0.1) is 0 Å². The van der Waals surface area contributed by atoms with Crippen LogP contribution in [0.15, 0.2) is 72.3 Å². The first-order chi connectivity index (χ1) is 15.8. The lowest BCUT2D eigenvalue weighted by atomic mass is 9.97. The van der Waals surface area contributed by atoms with Crippen molar-refractivity contribution in [1.29, 1.82) is 0 Å². The molecular weight excluding hydrogens is 442 g/mol. The van der Waals surface area contributed by atoms with Crippen LogP contribution < -0.4 is 10.4 Å². The number of amides is 2. The van der Waals surface area contributed by atoms with Crippen molar-refractivity contribution < 1.29 is 18.8 Å². The Kier molecular flexibility index (Phi) is 7.25. The van der Waals surface area contributed by atoms with Gasteiger partial charge in [0.15, 0.2) is 6.10 Å². The molecule has 0 aliphatic carbocycles. The highest BCUT2D eigenvalue weighted by Gasteiger charge is 2.59. The first-order valence-electron chi connectivity index (χ1n) is 11.8. The highest BCUT2D eigenvalue weighted by Crippen LogP contribution is 2.40. The Morgan fingerprint density at radius 1 is 0.882 bits per heavy atom. The van der Waals surface area contributed by atoms with E-state index >= 15 is 0 Å². The molecule has 2 atom stereocenters. The number of imide groups is 1.